The molecule has 0 aliphatic heterocycles. The van der Waals surface area contributed by atoms with Crippen molar-refractivity contribution in [2.45, 2.75) is 6.92 Å². The number of hydrogen-bond donors (Lipinski definition) is 0. The van der Waals surface area contributed by atoms with Crippen LogP contribution < -0.4 is 0 Å². The SMILES string of the molecule is [2H]c1cccc2nc(C)cnc12. The molecule has 0 saturated heterocycles. The van der Waals surface area contributed by atoms with Crippen molar-refractivity contribution in [1.29, 1.82) is 0 Å². The van der Waals surface area contributed by atoms with Gasteiger partial charge in [0.15, 0.2) is 0 Å². The molecule has 0 radical (unpaired) electrons. The molecule has 2 aromatic rings. The summed E-state index contributed by atoms with van der Waals surface area (Å²) in [6, 6.07) is 5.83. The summed E-state index contributed by atoms with van der Waals surface area (Å²) in [4.78, 5) is 8.38. The summed E-state index contributed by atoms with van der Waals surface area (Å²) >= 11 is 0. The molecule has 0 amide bonds. The number of aromatic nitrogens is 2. The van der Waals surface area contributed by atoms with Crippen LogP contribution in [0, 0.1) is 6.92 Å². The summed E-state index contributed by atoms with van der Waals surface area (Å²) in [6.45, 7) is 1.89. The standard InChI is InChI=1S/C9H8N2/c1-7-6-10-8-4-2-3-5-9(8)11-7/h2-6H,1H3/i4D. The molecule has 0 aliphatic rings. The molecule has 1 aromatic heterocycles. The van der Waals surface area contributed by atoms with Crippen LogP contribution in [0.1, 0.15) is 7.06 Å². The molecular formula is C9H8N2. The zero-order valence-corrected chi connectivity index (χ0v) is 6.20. The maximum absolute atomic E-state index is 7.53. The first-order chi connectivity index (χ1) is 5.77. The zero-order chi connectivity index (χ0) is 8.55. The van der Waals surface area contributed by atoms with Gasteiger partial charge in [0.25, 0.3) is 0 Å². The van der Waals surface area contributed by atoms with E-state index in [-0.39, 0.29) is 0 Å². The minimum absolute atomic E-state index is 0.431. The number of nitrogens with zero attached hydrogens (tertiary/aromatic N) is 2. The molecule has 1 aromatic carbocycles. The fourth-order valence-electron chi connectivity index (χ4n) is 0.990. The lowest BCUT2D eigenvalue weighted by Crippen LogP contribution is -1.85. The Morgan fingerprint density at radius 3 is 3.18 bits per heavy atom. The second kappa shape index (κ2) is 2.31. The van der Waals surface area contributed by atoms with Crippen molar-refractivity contribution in [1.82, 2.24) is 9.97 Å². The van der Waals surface area contributed by atoms with Gasteiger partial charge in [0, 0.05) is 6.20 Å². The molecule has 0 bridgehead atoms. The topological polar surface area (TPSA) is 25.8 Å². The van der Waals surface area contributed by atoms with Crippen molar-refractivity contribution < 1.29 is 1.37 Å². The number of aryl methyl sites for hydroxylation is 1. The third-order valence-electron chi connectivity index (χ3n) is 1.49. The van der Waals surface area contributed by atoms with E-state index < -0.39 is 0 Å². The number of para-hydroxylation sites is 2. The molecule has 0 spiro atoms. The molecule has 0 unspecified atom stereocenters. The molecule has 0 atom stereocenters. The number of hydrogen-bond acceptors (Lipinski definition) is 2. The second-order valence-corrected chi connectivity index (χ2v) is 2.42. The van der Waals surface area contributed by atoms with E-state index in [4.69, 9.17) is 1.37 Å². The summed E-state index contributed by atoms with van der Waals surface area (Å²) < 4.78 is 7.53. The van der Waals surface area contributed by atoms with E-state index in [0.29, 0.717) is 11.6 Å². The minimum atomic E-state index is 0.431. The van der Waals surface area contributed by atoms with Crippen LogP contribution in [-0.4, -0.2) is 9.97 Å². The Morgan fingerprint density at radius 2 is 2.27 bits per heavy atom. The normalized spacial score (nSPS) is 11.5. The predicted octanol–water partition coefficient (Wildman–Crippen LogP) is 1.94. The summed E-state index contributed by atoms with van der Waals surface area (Å²) in [5.41, 5.74) is 2.35. The summed E-state index contributed by atoms with van der Waals surface area (Å²) in [7, 11) is 0. The number of rotatable bonds is 0. The van der Waals surface area contributed by atoms with E-state index in [1.807, 2.05) is 19.1 Å². The molecule has 1 heterocycles. The molecule has 2 rings (SSSR count). The molecule has 0 fully saturated rings. The van der Waals surface area contributed by atoms with Gasteiger partial charge < -0.3 is 0 Å². The Balaban J connectivity index is 2.86. The van der Waals surface area contributed by atoms with Gasteiger partial charge in [-0.3, -0.25) is 4.98 Å². The van der Waals surface area contributed by atoms with Gasteiger partial charge in [-0.2, -0.15) is 0 Å². The molecular weight excluding hydrogens is 136 g/mol. The van der Waals surface area contributed by atoms with Crippen molar-refractivity contribution in [3.63, 3.8) is 0 Å². The summed E-state index contributed by atoms with van der Waals surface area (Å²) in [6.07, 6.45) is 1.68. The first-order valence-corrected chi connectivity index (χ1v) is 3.46. The van der Waals surface area contributed by atoms with Crippen LogP contribution in [0.4, 0.5) is 0 Å². The van der Waals surface area contributed by atoms with Crippen LogP contribution in [0.5, 0.6) is 0 Å². The van der Waals surface area contributed by atoms with Gasteiger partial charge in [-0.15, -0.1) is 0 Å². The van der Waals surface area contributed by atoms with Crippen molar-refractivity contribution >= 4 is 11.0 Å². The first kappa shape index (κ1) is 5.24. The van der Waals surface area contributed by atoms with Gasteiger partial charge in [-0.25, -0.2) is 4.98 Å². The maximum atomic E-state index is 7.53. The van der Waals surface area contributed by atoms with Gasteiger partial charge in [0.2, 0.25) is 0 Å². The van der Waals surface area contributed by atoms with Crippen molar-refractivity contribution in [2.24, 2.45) is 0 Å². The van der Waals surface area contributed by atoms with Crippen molar-refractivity contribution in [3.8, 4) is 0 Å². The maximum Gasteiger partial charge on any atom is 0.0889 e. The fourth-order valence-corrected chi connectivity index (χ4v) is 0.990. The lowest BCUT2D eigenvalue weighted by atomic mass is 10.3. The molecule has 2 nitrogen and oxygen atoms in total. The van der Waals surface area contributed by atoms with Crippen LogP contribution in [-0.2, 0) is 0 Å². The third-order valence-corrected chi connectivity index (χ3v) is 1.49. The largest absolute Gasteiger partial charge is 0.253 e. The molecule has 0 saturated carbocycles. The predicted molar refractivity (Wildman–Crippen MR) is 44.3 cm³/mol. The van der Waals surface area contributed by atoms with Gasteiger partial charge in [-0.05, 0) is 19.0 Å². The minimum Gasteiger partial charge on any atom is -0.253 e. The van der Waals surface area contributed by atoms with Gasteiger partial charge >= 0.3 is 0 Å². The highest BCUT2D eigenvalue weighted by molar-refractivity contribution is 5.73. The summed E-state index contributed by atoms with van der Waals surface area (Å²) in [5, 5.41) is 0. The first-order valence-electron chi connectivity index (χ1n) is 3.96. The van der Waals surface area contributed by atoms with Gasteiger partial charge in [0.05, 0.1) is 18.1 Å². The lowest BCUT2D eigenvalue weighted by molar-refractivity contribution is 1.19. The smallest absolute Gasteiger partial charge is 0.0889 e. The Labute approximate surface area is 66.3 Å². The van der Waals surface area contributed by atoms with E-state index in [2.05, 4.69) is 9.97 Å². The number of fused-ring (bicyclic) bond motifs is 1. The van der Waals surface area contributed by atoms with Crippen LogP contribution in [0.25, 0.3) is 11.0 Å². The van der Waals surface area contributed by atoms with Crippen molar-refractivity contribution in [3.05, 3.63) is 36.1 Å². The highest BCUT2D eigenvalue weighted by Gasteiger charge is 1.92. The number of benzene rings is 1. The average molecular weight is 145 g/mol. The Hall–Kier alpha value is -1.44. The Morgan fingerprint density at radius 1 is 1.36 bits per heavy atom. The van der Waals surface area contributed by atoms with E-state index in [1.165, 1.54) is 0 Å². The highest BCUT2D eigenvalue weighted by Crippen LogP contribution is 2.06. The van der Waals surface area contributed by atoms with E-state index >= 15 is 0 Å². The van der Waals surface area contributed by atoms with Gasteiger partial charge in [0.1, 0.15) is 0 Å². The Bertz CT molecular complexity index is 426. The monoisotopic (exact) mass is 145 g/mol. The highest BCUT2D eigenvalue weighted by atomic mass is 14.8. The van der Waals surface area contributed by atoms with Gasteiger partial charge in [-0.1, -0.05) is 12.1 Å². The summed E-state index contributed by atoms with van der Waals surface area (Å²) in [5.74, 6) is 0. The quantitative estimate of drug-likeness (QED) is 0.566. The van der Waals surface area contributed by atoms with Crippen LogP contribution in [0.15, 0.2) is 30.4 Å². The van der Waals surface area contributed by atoms with E-state index in [1.54, 1.807) is 12.3 Å². The molecule has 0 aliphatic carbocycles. The van der Waals surface area contributed by atoms with Crippen LogP contribution in [0.2, 0.25) is 0 Å². The molecule has 54 valence electrons. The van der Waals surface area contributed by atoms with E-state index in [0.717, 1.165) is 11.2 Å². The fraction of sp³-hybridized carbons (Fsp3) is 0.111. The molecule has 2 heteroatoms. The zero-order valence-electron chi connectivity index (χ0n) is 7.20. The Kier molecular flexibility index (Phi) is 1.10. The second-order valence-electron chi connectivity index (χ2n) is 2.42. The van der Waals surface area contributed by atoms with Crippen LogP contribution in [0.3, 0.4) is 0 Å². The molecule has 0 N–H and O–H groups in total. The van der Waals surface area contributed by atoms with Crippen molar-refractivity contribution in [2.75, 3.05) is 0 Å². The third kappa shape index (κ3) is 1.07. The molecule has 11 heavy (non-hydrogen) atoms. The lowest BCUT2D eigenvalue weighted by Gasteiger charge is -1.95. The van der Waals surface area contributed by atoms with E-state index in [9.17, 15) is 0 Å². The van der Waals surface area contributed by atoms with Crippen LogP contribution >= 0.6 is 0 Å². The average Bonchev–Trinajstić information content (AvgIpc) is 2.04.